The van der Waals surface area contributed by atoms with E-state index in [2.05, 4.69) is 10.2 Å². The van der Waals surface area contributed by atoms with Gasteiger partial charge in [0.25, 0.3) is 0 Å². The Kier molecular flexibility index (Phi) is 4.06. The van der Waals surface area contributed by atoms with Gasteiger partial charge in [-0.2, -0.15) is 0 Å². The molecule has 1 aromatic heterocycles. The molecule has 0 fully saturated rings. The summed E-state index contributed by atoms with van der Waals surface area (Å²) >= 11 is 1.58. The minimum Gasteiger partial charge on any atom is -0.494 e. The normalized spacial score (nSPS) is 10.5. The number of ether oxygens (including phenoxy) is 1. The van der Waals surface area contributed by atoms with Crippen LogP contribution in [-0.4, -0.2) is 23.3 Å². The first kappa shape index (κ1) is 12.0. The van der Waals surface area contributed by atoms with Crippen LogP contribution in [0.25, 0.3) is 10.6 Å². The Morgan fingerprint density at radius 2 is 2.24 bits per heavy atom. The van der Waals surface area contributed by atoms with Crippen molar-refractivity contribution in [2.45, 2.75) is 13.3 Å². The van der Waals surface area contributed by atoms with Crippen LogP contribution in [0.1, 0.15) is 11.9 Å². The monoisotopic (exact) mass is 249 g/mol. The van der Waals surface area contributed by atoms with E-state index in [9.17, 15) is 0 Å². The van der Waals surface area contributed by atoms with Gasteiger partial charge in [0.15, 0.2) is 0 Å². The van der Waals surface area contributed by atoms with Crippen molar-refractivity contribution in [3.8, 4) is 16.3 Å². The average Bonchev–Trinajstić information content (AvgIpc) is 2.79. The fourth-order valence-electron chi connectivity index (χ4n) is 1.48. The first-order chi connectivity index (χ1) is 8.33. The first-order valence-electron chi connectivity index (χ1n) is 5.59. The maximum absolute atomic E-state index is 5.49. The van der Waals surface area contributed by atoms with E-state index < -0.39 is 0 Å². The van der Waals surface area contributed by atoms with Crippen molar-refractivity contribution < 1.29 is 4.74 Å². The summed E-state index contributed by atoms with van der Waals surface area (Å²) in [6.45, 7) is 3.24. The molecular weight excluding hydrogens is 234 g/mol. The van der Waals surface area contributed by atoms with Crippen LogP contribution < -0.4 is 10.5 Å². The molecule has 17 heavy (non-hydrogen) atoms. The summed E-state index contributed by atoms with van der Waals surface area (Å²) < 4.78 is 5.46. The summed E-state index contributed by atoms with van der Waals surface area (Å²) in [7, 11) is 0. The molecule has 0 atom stereocenters. The molecular formula is C12H15N3OS. The van der Waals surface area contributed by atoms with Crippen LogP contribution in [0, 0.1) is 0 Å². The van der Waals surface area contributed by atoms with Crippen molar-refractivity contribution in [1.29, 1.82) is 0 Å². The van der Waals surface area contributed by atoms with Crippen molar-refractivity contribution in [1.82, 2.24) is 10.2 Å². The Labute approximate surface area is 104 Å². The molecule has 0 aliphatic heterocycles. The molecule has 0 unspecified atom stereocenters. The highest BCUT2D eigenvalue weighted by atomic mass is 32.1. The number of benzene rings is 1. The Balaban J connectivity index is 2.22. The zero-order valence-corrected chi connectivity index (χ0v) is 10.5. The number of rotatable bonds is 5. The third-order valence-electron chi connectivity index (χ3n) is 2.22. The van der Waals surface area contributed by atoms with E-state index in [1.54, 1.807) is 11.3 Å². The van der Waals surface area contributed by atoms with E-state index in [1.165, 1.54) is 0 Å². The summed E-state index contributed by atoms with van der Waals surface area (Å²) in [5.74, 6) is 0.862. The molecule has 90 valence electrons. The van der Waals surface area contributed by atoms with E-state index in [0.717, 1.165) is 27.7 Å². The smallest absolute Gasteiger partial charge is 0.147 e. The van der Waals surface area contributed by atoms with Gasteiger partial charge in [0.2, 0.25) is 0 Å². The quantitative estimate of drug-likeness (QED) is 0.881. The number of nitrogens with two attached hydrogens (primary N) is 1. The van der Waals surface area contributed by atoms with Crippen molar-refractivity contribution in [3.05, 3.63) is 29.3 Å². The van der Waals surface area contributed by atoms with E-state index in [-0.39, 0.29) is 0 Å². The number of hydrogen-bond acceptors (Lipinski definition) is 5. The molecule has 0 bridgehead atoms. The van der Waals surface area contributed by atoms with Gasteiger partial charge in [-0.15, -0.1) is 10.2 Å². The second-order valence-electron chi connectivity index (χ2n) is 3.50. The van der Waals surface area contributed by atoms with Gasteiger partial charge in [-0.25, -0.2) is 0 Å². The summed E-state index contributed by atoms with van der Waals surface area (Å²) in [5.41, 5.74) is 6.53. The zero-order valence-electron chi connectivity index (χ0n) is 9.72. The van der Waals surface area contributed by atoms with E-state index in [0.29, 0.717) is 13.2 Å². The Hall–Kier alpha value is -1.46. The highest BCUT2D eigenvalue weighted by Gasteiger charge is 2.06. The molecule has 5 heteroatoms. The summed E-state index contributed by atoms with van der Waals surface area (Å²) in [5, 5.41) is 10.2. The molecule has 1 aromatic carbocycles. The molecule has 1 heterocycles. The molecule has 0 aliphatic rings. The average molecular weight is 249 g/mol. The van der Waals surface area contributed by atoms with Crippen LogP contribution in [0.4, 0.5) is 0 Å². The lowest BCUT2D eigenvalue weighted by Crippen LogP contribution is -2.01. The van der Waals surface area contributed by atoms with Gasteiger partial charge in [0.1, 0.15) is 15.8 Å². The minimum absolute atomic E-state index is 0.605. The lowest BCUT2D eigenvalue weighted by molar-refractivity contribution is 0.340. The lowest BCUT2D eigenvalue weighted by atomic mass is 10.2. The van der Waals surface area contributed by atoms with Crippen molar-refractivity contribution >= 4 is 11.3 Å². The van der Waals surface area contributed by atoms with Gasteiger partial charge in [-0.3, -0.25) is 0 Å². The number of nitrogens with zero attached hydrogens (tertiary/aromatic N) is 2. The Morgan fingerprint density at radius 1 is 1.35 bits per heavy atom. The van der Waals surface area contributed by atoms with Gasteiger partial charge < -0.3 is 10.5 Å². The molecule has 0 amide bonds. The molecule has 0 radical (unpaired) electrons. The second-order valence-corrected chi connectivity index (χ2v) is 4.56. The molecule has 0 aliphatic carbocycles. The van der Waals surface area contributed by atoms with Crippen LogP contribution in [0.2, 0.25) is 0 Å². The highest BCUT2D eigenvalue weighted by Crippen LogP contribution is 2.26. The molecule has 0 saturated carbocycles. The van der Waals surface area contributed by atoms with E-state index >= 15 is 0 Å². The van der Waals surface area contributed by atoms with Crippen molar-refractivity contribution in [3.63, 3.8) is 0 Å². The van der Waals surface area contributed by atoms with Crippen molar-refractivity contribution in [2.24, 2.45) is 5.73 Å². The van der Waals surface area contributed by atoms with Crippen LogP contribution in [0.15, 0.2) is 24.3 Å². The van der Waals surface area contributed by atoms with Crippen LogP contribution in [0.3, 0.4) is 0 Å². The van der Waals surface area contributed by atoms with Gasteiger partial charge in [0, 0.05) is 12.0 Å². The summed E-state index contributed by atoms with van der Waals surface area (Å²) in [4.78, 5) is 0. The van der Waals surface area contributed by atoms with Crippen molar-refractivity contribution in [2.75, 3.05) is 13.2 Å². The zero-order chi connectivity index (χ0) is 12.1. The third-order valence-corrected chi connectivity index (χ3v) is 3.25. The molecule has 2 N–H and O–H groups in total. The van der Waals surface area contributed by atoms with Gasteiger partial charge in [-0.1, -0.05) is 23.5 Å². The first-order valence-corrected chi connectivity index (χ1v) is 6.41. The summed E-state index contributed by atoms with van der Waals surface area (Å²) in [6, 6.07) is 7.89. The standard InChI is InChI=1S/C12H15N3OS/c1-2-16-10-5-3-4-9(8-10)12-15-14-11(17-12)6-7-13/h3-5,8H,2,6-7,13H2,1H3. The third kappa shape index (κ3) is 3.01. The maximum atomic E-state index is 5.49. The number of hydrogen-bond donors (Lipinski definition) is 1. The highest BCUT2D eigenvalue weighted by molar-refractivity contribution is 7.14. The fraction of sp³-hybridized carbons (Fsp3) is 0.333. The Bertz CT molecular complexity index is 484. The van der Waals surface area contributed by atoms with Gasteiger partial charge in [0.05, 0.1) is 6.61 Å². The Morgan fingerprint density at radius 3 is 3.00 bits per heavy atom. The predicted molar refractivity (Wildman–Crippen MR) is 69.3 cm³/mol. The summed E-state index contributed by atoms with van der Waals surface area (Å²) in [6.07, 6.45) is 0.781. The molecule has 2 aromatic rings. The van der Waals surface area contributed by atoms with E-state index in [1.807, 2.05) is 31.2 Å². The predicted octanol–water partition coefficient (Wildman–Crippen LogP) is 2.10. The van der Waals surface area contributed by atoms with Crippen LogP contribution in [0.5, 0.6) is 5.75 Å². The SMILES string of the molecule is CCOc1cccc(-c2nnc(CCN)s2)c1. The number of aromatic nitrogens is 2. The minimum atomic E-state index is 0.605. The van der Waals surface area contributed by atoms with Gasteiger partial charge >= 0.3 is 0 Å². The molecule has 0 spiro atoms. The largest absolute Gasteiger partial charge is 0.494 e. The van der Waals surface area contributed by atoms with Crippen LogP contribution >= 0.6 is 11.3 Å². The molecule has 0 saturated heterocycles. The molecule has 2 rings (SSSR count). The van der Waals surface area contributed by atoms with Crippen LogP contribution in [-0.2, 0) is 6.42 Å². The van der Waals surface area contributed by atoms with E-state index in [4.69, 9.17) is 10.5 Å². The molecule has 4 nitrogen and oxygen atoms in total. The topological polar surface area (TPSA) is 61.0 Å². The maximum Gasteiger partial charge on any atom is 0.147 e. The van der Waals surface area contributed by atoms with Gasteiger partial charge in [-0.05, 0) is 25.6 Å². The second kappa shape index (κ2) is 5.75. The fourth-order valence-corrected chi connectivity index (χ4v) is 2.33. The lowest BCUT2D eigenvalue weighted by Gasteiger charge is -2.03.